The maximum atomic E-state index is 2.20. The van der Waals surface area contributed by atoms with Crippen LogP contribution in [0.1, 0.15) is 27.8 Å². The van der Waals surface area contributed by atoms with Crippen LogP contribution in [0.5, 0.6) is 0 Å². The Labute approximate surface area is 202 Å². The van der Waals surface area contributed by atoms with Crippen molar-refractivity contribution in [3.63, 3.8) is 0 Å². The average molecular weight is 516 g/mol. The number of hydrogen-bond donors (Lipinski definition) is 0. The van der Waals surface area contributed by atoms with E-state index in [1.807, 2.05) is 60.7 Å². The van der Waals surface area contributed by atoms with Crippen LogP contribution in [-0.4, -0.2) is 0 Å². The molecule has 0 saturated heterocycles. The molecule has 25 heavy (non-hydrogen) atoms. The summed E-state index contributed by atoms with van der Waals surface area (Å²) in [7, 11) is 0. The van der Waals surface area contributed by atoms with E-state index in [0.717, 1.165) is 0 Å². The molecule has 0 spiro atoms. The van der Waals surface area contributed by atoms with Crippen LogP contribution in [0.3, 0.4) is 0 Å². The van der Waals surface area contributed by atoms with Gasteiger partial charge in [-0.25, -0.2) is 24.3 Å². The second kappa shape index (κ2) is 20.7. The molecule has 3 aromatic rings. The average Bonchev–Trinajstić information content (AvgIpc) is 3.22. The third-order valence-corrected chi connectivity index (χ3v) is 3.92. The topological polar surface area (TPSA) is 0 Å². The van der Waals surface area contributed by atoms with Crippen LogP contribution in [0.2, 0.25) is 0 Å². The molecule has 0 saturated carbocycles. The predicted octanol–water partition coefficient (Wildman–Crippen LogP) is 2.22. The van der Waals surface area contributed by atoms with E-state index in [-0.39, 0.29) is 80.6 Å². The zero-order valence-electron chi connectivity index (χ0n) is 15.4. The van der Waals surface area contributed by atoms with Gasteiger partial charge in [-0.2, -0.15) is 64.2 Å². The van der Waals surface area contributed by atoms with E-state index in [2.05, 4.69) is 34.6 Å². The molecule has 0 aromatic heterocycles. The molecule has 0 fully saturated rings. The van der Waals surface area contributed by atoms with Gasteiger partial charge in [0.1, 0.15) is 0 Å². The Kier molecular flexibility index (Phi) is 30.1. The fourth-order valence-electron chi connectivity index (χ4n) is 2.05. The van der Waals surface area contributed by atoms with Crippen LogP contribution in [0.15, 0.2) is 60.7 Å². The van der Waals surface area contributed by atoms with E-state index in [1.165, 1.54) is 27.8 Å². The Morgan fingerprint density at radius 1 is 0.680 bits per heavy atom. The van der Waals surface area contributed by atoms with Crippen molar-refractivity contribution in [1.82, 2.24) is 0 Å². The van der Waals surface area contributed by atoms with Gasteiger partial charge in [0, 0.05) is 0 Å². The Bertz CT molecular complexity index is 447. The predicted molar refractivity (Wildman–Crippen MR) is 107 cm³/mol. The first kappa shape index (κ1) is 36.3. The fraction of sp³-hybridized carbons (Fsp3) is 0.250. The van der Waals surface area contributed by atoms with E-state index in [1.54, 1.807) is 0 Å². The van der Waals surface area contributed by atoms with E-state index < -0.39 is 0 Å². The molecule has 0 bridgehead atoms. The Hall–Kier alpha value is 0.378. The summed E-state index contributed by atoms with van der Waals surface area (Å²) in [5, 5.41) is 0. The van der Waals surface area contributed by atoms with Crippen LogP contribution in [0, 0.1) is 34.6 Å². The molecule has 0 N–H and O–H groups in total. The number of thiol groups is 2. The summed E-state index contributed by atoms with van der Waals surface area (Å²) in [6.45, 7) is 11.0. The van der Waals surface area contributed by atoms with Gasteiger partial charge in [0.05, 0.1) is 0 Å². The quantitative estimate of drug-likeness (QED) is 0.195. The molecule has 0 nitrogen and oxygen atoms in total. The van der Waals surface area contributed by atoms with Gasteiger partial charge < -0.3 is 39.4 Å². The van der Waals surface area contributed by atoms with Crippen molar-refractivity contribution in [1.29, 1.82) is 0 Å². The standard InChI is InChI=1S/C10H15.2C5H5.ClH.Ru.2H2S.Ti/c1-6-7(2)9(4)10(5)8(6)3;2*1-2-4-5-3-1;;;;;/h1-5H3;2*1-5H;1H;;2*1H2;/q3*-1;;+3;;;+3/p-3. The first-order valence-corrected chi connectivity index (χ1v) is 7.08. The van der Waals surface area contributed by atoms with Crippen molar-refractivity contribution in [2.45, 2.75) is 34.6 Å². The van der Waals surface area contributed by atoms with E-state index in [4.69, 9.17) is 0 Å². The van der Waals surface area contributed by atoms with E-state index >= 15 is 0 Å². The monoisotopic (exact) mass is 516 g/mol. The van der Waals surface area contributed by atoms with Crippen LogP contribution in [0.25, 0.3) is 0 Å². The van der Waals surface area contributed by atoms with Crippen molar-refractivity contribution in [3.8, 4) is 0 Å². The molecule has 0 unspecified atom stereocenters. The molecule has 138 valence electrons. The molecule has 3 aromatic carbocycles. The molecule has 2 radical (unpaired) electrons. The van der Waals surface area contributed by atoms with E-state index in [9.17, 15) is 0 Å². The van der Waals surface area contributed by atoms with Crippen molar-refractivity contribution >= 4 is 27.0 Å². The fourth-order valence-corrected chi connectivity index (χ4v) is 2.05. The van der Waals surface area contributed by atoms with Crippen LogP contribution < -0.4 is 12.4 Å². The van der Waals surface area contributed by atoms with Crippen molar-refractivity contribution < 1.29 is 53.6 Å². The van der Waals surface area contributed by atoms with Gasteiger partial charge in [0.2, 0.25) is 0 Å². The van der Waals surface area contributed by atoms with Crippen LogP contribution >= 0.6 is 0 Å². The zero-order chi connectivity index (χ0) is 15.0. The molecule has 5 heteroatoms. The largest absolute Gasteiger partial charge is 3.00 e. The molecule has 0 amide bonds. The second-order valence-electron chi connectivity index (χ2n) is 5.05. The molecular formula is C20H27ClRuS2Ti. The Morgan fingerprint density at radius 2 is 0.920 bits per heavy atom. The first-order chi connectivity index (χ1) is 9.55. The summed E-state index contributed by atoms with van der Waals surface area (Å²) in [6.07, 6.45) is 0. The third-order valence-electron chi connectivity index (χ3n) is 3.92. The molecule has 0 aliphatic carbocycles. The van der Waals surface area contributed by atoms with Crippen molar-refractivity contribution in [3.05, 3.63) is 88.5 Å². The smallest absolute Gasteiger partial charge is 1.00 e. The number of rotatable bonds is 0. The number of hydrogen-bond acceptors (Lipinski definition) is 2. The van der Waals surface area contributed by atoms with Crippen molar-refractivity contribution in [2.24, 2.45) is 0 Å². The maximum Gasteiger partial charge on any atom is 3.00 e. The summed E-state index contributed by atoms with van der Waals surface area (Å²) in [6, 6.07) is 20.0. The SMILES string of the molecule is Cc1c(C)c(C)[c-](C)c1C.[Cl-].[Ru+3].[SH-].[SH-].[Ti+3].c1cc[cH-]c1.c1cc[cH-]c1. The number of halogens is 1. The molecule has 0 aliphatic rings. The van der Waals surface area contributed by atoms with Gasteiger partial charge in [-0.05, 0) is 0 Å². The van der Waals surface area contributed by atoms with Gasteiger partial charge in [-0.3, -0.25) is 0 Å². The molecule has 0 aliphatic heterocycles. The van der Waals surface area contributed by atoms with Gasteiger partial charge in [-0.1, -0.05) is 34.6 Å². The van der Waals surface area contributed by atoms with Gasteiger partial charge in [0.25, 0.3) is 0 Å². The molecular weight excluding hydrogens is 489 g/mol. The van der Waals surface area contributed by atoms with Crippen LogP contribution in [0.4, 0.5) is 0 Å². The molecule has 0 atom stereocenters. The van der Waals surface area contributed by atoms with Crippen molar-refractivity contribution in [2.75, 3.05) is 0 Å². The van der Waals surface area contributed by atoms with E-state index in [0.29, 0.717) is 0 Å². The normalized spacial score (nSPS) is 7.40. The second-order valence-corrected chi connectivity index (χ2v) is 5.05. The first-order valence-electron chi connectivity index (χ1n) is 7.08. The van der Waals surface area contributed by atoms with Crippen LogP contribution in [-0.2, 0) is 68.2 Å². The summed E-state index contributed by atoms with van der Waals surface area (Å²) >= 11 is 0. The Balaban J connectivity index is -0.0000000778. The molecule has 3 rings (SSSR count). The Morgan fingerprint density at radius 3 is 1.00 bits per heavy atom. The van der Waals surface area contributed by atoms with Gasteiger partial charge in [0.15, 0.2) is 0 Å². The zero-order valence-corrected chi connectivity index (χ0v) is 21.2. The molecule has 0 heterocycles. The maximum absolute atomic E-state index is 2.20. The minimum atomic E-state index is 0. The summed E-state index contributed by atoms with van der Waals surface area (Å²) in [5.74, 6) is 0. The minimum absolute atomic E-state index is 0. The summed E-state index contributed by atoms with van der Waals surface area (Å²) in [5.41, 5.74) is 7.34. The summed E-state index contributed by atoms with van der Waals surface area (Å²) < 4.78 is 0. The minimum Gasteiger partial charge on any atom is -1.00 e. The summed E-state index contributed by atoms with van der Waals surface area (Å²) in [4.78, 5) is 0. The van der Waals surface area contributed by atoms with Gasteiger partial charge in [-0.15, -0.1) is 0 Å². The van der Waals surface area contributed by atoms with Gasteiger partial charge >= 0.3 is 41.2 Å². The third kappa shape index (κ3) is 13.2.